The molecule has 0 saturated carbocycles. The van der Waals surface area contributed by atoms with E-state index in [1.54, 1.807) is 0 Å². The SMILES string of the molecule is CCC(C)(C)C1C(=O)N(CCN(C)C)C(=O)C1CC(C)(C)C. The van der Waals surface area contributed by atoms with Gasteiger partial charge in [-0.2, -0.15) is 0 Å². The lowest BCUT2D eigenvalue weighted by atomic mass is 9.67. The normalized spacial score (nSPS) is 23.8. The molecule has 0 aromatic heterocycles. The van der Waals surface area contributed by atoms with Gasteiger partial charge < -0.3 is 4.90 Å². The number of hydrogen-bond donors (Lipinski definition) is 0. The molecule has 0 aromatic carbocycles. The lowest BCUT2D eigenvalue weighted by Crippen LogP contribution is -2.38. The molecule has 0 aliphatic carbocycles. The summed E-state index contributed by atoms with van der Waals surface area (Å²) in [5.74, 6) is -0.294. The van der Waals surface area contributed by atoms with Crippen LogP contribution in [0.15, 0.2) is 0 Å². The van der Waals surface area contributed by atoms with Crippen molar-refractivity contribution in [2.45, 2.75) is 54.4 Å². The highest BCUT2D eigenvalue weighted by Gasteiger charge is 2.53. The molecule has 1 fully saturated rings. The number of carbonyl (C=O) groups is 2. The van der Waals surface area contributed by atoms with Crippen LogP contribution in [0.2, 0.25) is 0 Å². The maximum absolute atomic E-state index is 12.9. The van der Waals surface area contributed by atoms with Crippen LogP contribution < -0.4 is 0 Å². The van der Waals surface area contributed by atoms with Gasteiger partial charge in [0.25, 0.3) is 0 Å². The van der Waals surface area contributed by atoms with Crippen LogP contribution in [-0.4, -0.2) is 48.8 Å². The van der Waals surface area contributed by atoms with Gasteiger partial charge in [0, 0.05) is 13.1 Å². The Balaban J connectivity index is 3.09. The van der Waals surface area contributed by atoms with E-state index in [9.17, 15) is 9.59 Å². The topological polar surface area (TPSA) is 40.6 Å². The molecule has 1 aliphatic heterocycles. The van der Waals surface area contributed by atoms with Gasteiger partial charge in [-0.25, -0.2) is 0 Å². The van der Waals surface area contributed by atoms with Gasteiger partial charge in [0.1, 0.15) is 0 Å². The summed E-state index contributed by atoms with van der Waals surface area (Å²) in [6.45, 7) is 14.0. The highest BCUT2D eigenvalue weighted by molar-refractivity contribution is 6.05. The zero-order chi connectivity index (χ0) is 17.3. The zero-order valence-electron chi connectivity index (χ0n) is 15.7. The minimum Gasteiger partial charge on any atom is -0.308 e. The molecule has 128 valence electrons. The van der Waals surface area contributed by atoms with Crippen LogP contribution in [0.5, 0.6) is 0 Å². The van der Waals surface area contributed by atoms with Gasteiger partial charge in [-0.1, -0.05) is 48.0 Å². The zero-order valence-corrected chi connectivity index (χ0v) is 15.7. The summed E-state index contributed by atoms with van der Waals surface area (Å²) in [7, 11) is 3.93. The van der Waals surface area contributed by atoms with Crippen molar-refractivity contribution in [3.63, 3.8) is 0 Å². The van der Waals surface area contributed by atoms with E-state index >= 15 is 0 Å². The van der Waals surface area contributed by atoms with E-state index in [0.29, 0.717) is 6.54 Å². The van der Waals surface area contributed by atoms with Crippen molar-refractivity contribution in [3.8, 4) is 0 Å². The van der Waals surface area contributed by atoms with Gasteiger partial charge in [0.15, 0.2) is 0 Å². The molecule has 1 heterocycles. The molecule has 22 heavy (non-hydrogen) atoms. The maximum atomic E-state index is 12.9. The monoisotopic (exact) mass is 310 g/mol. The number of rotatable bonds is 6. The van der Waals surface area contributed by atoms with Crippen molar-refractivity contribution in [1.82, 2.24) is 9.80 Å². The number of likely N-dealkylation sites (N-methyl/N-ethyl adjacent to an activating group) is 1. The van der Waals surface area contributed by atoms with E-state index < -0.39 is 0 Å². The molecule has 0 N–H and O–H groups in total. The van der Waals surface area contributed by atoms with Crippen LogP contribution >= 0.6 is 0 Å². The lowest BCUT2D eigenvalue weighted by Gasteiger charge is -2.34. The molecule has 1 aliphatic rings. The number of carbonyl (C=O) groups excluding carboxylic acids is 2. The van der Waals surface area contributed by atoms with Gasteiger partial charge in [-0.15, -0.1) is 0 Å². The summed E-state index contributed by atoms with van der Waals surface area (Å²) < 4.78 is 0. The quantitative estimate of drug-likeness (QED) is 0.708. The minimum atomic E-state index is -0.189. The van der Waals surface area contributed by atoms with E-state index in [-0.39, 0.29) is 34.5 Å². The first kappa shape index (κ1) is 19.1. The summed E-state index contributed by atoms with van der Waals surface area (Å²) in [6.07, 6.45) is 1.67. The molecule has 0 aromatic rings. The summed E-state index contributed by atoms with van der Waals surface area (Å²) in [5, 5.41) is 0. The number of likely N-dealkylation sites (tertiary alicyclic amines) is 1. The molecular formula is C18H34N2O2. The van der Waals surface area contributed by atoms with Crippen molar-refractivity contribution in [1.29, 1.82) is 0 Å². The van der Waals surface area contributed by atoms with Crippen LogP contribution in [0.4, 0.5) is 0 Å². The first-order chi connectivity index (χ1) is 9.90. The second-order valence-electron chi connectivity index (χ2n) is 8.82. The number of hydrogen-bond acceptors (Lipinski definition) is 3. The highest BCUT2D eigenvalue weighted by Crippen LogP contribution is 2.45. The average molecular weight is 310 g/mol. The van der Waals surface area contributed by atoms with Gasteiger partial charge in [-0.05, 0) is 31.3 Å². The van der Waals surface area contributed by atoms with Crippen LogP contribution in [0.25, 0.3) is 0 Å². The fraction of sp³-hybridized carbons (Fsp3) is 0.889. The Labute approximate surface area is 136 Å². The van der Waals surface area contributed by atoms with Crippen molar-refractivity contribution >= 4 is 11.8 Å². The summed E-state index contributed by atoms with van der Waals surface area (Å²) in [5.41, 5.74) is -0.101. The molecule has 4 nitrogen and oxygen atoms in total. The first-order valence-corrected chi connectivity index (χ1v) is 8.40. The Hall–Kier alpha value is -0.900. The second-order valence-corrected chi connectivity index (χ2v) is 8.82. The van der Waals surface area contributed by atoms with Crippen molar-refractivity contribution in [2.75, 3.05) is 27.2 Å². The Bertz CT molecular complexity index is 421. The third-order valence-corrected chi connectivity index (χ3v) is 4.87. The Morgan fingerprint density at radius 2 is 1.59 bits per heavy atom. The Kier molecular flexibility index (Phi) is 5.82. The molecule has 1 saturated heterocycles. The van der Waals surface area contributed by atoms with Crippen LogP contribution in [0.3, 0.4) is 0 Å². The van der Waals surface area contributed by atoms with Gasteiger partial charge in [0.2, 0.25) is 11.8 Å². The van der Waals surface area contributed by atoms with Crippen LogP contribution in [0.1, 0.15) is 54.4 Å². The van der Waals surface area contributed by atoms with Gasteiger partial charge in [-0.3, -0.25) is 14.5 Å². The van der Waals surface area contributed by atoms with E-state index in [4.69, 9.17) is 0 Å². The summed E-state index contributed by atoms with van der Waals surface area (Å²) >= 11 is 0. The van der Waals surface area contributed by atoms with Crippen LogP contribution in [0, 0.1) is 22.7 Å². The highest BCUT2D eigenvalue weighted by atomic mass is 16.2. The van der Waals surface area contributed by atoms with E-state index in [1.165, 1.54) is 4.90 Å². The molecule has 2 unspecified atom stereocenters. The molecule has 2 amide bonds. The second kappa shape index (κ2) is 6.69. The predicted molar refractivity (Wildman–Crippen MR) is 90.4 cm³/mol. The molecule has 4 heteroatoms. The number of imide groups is 1. The smallest absolute Gasteiger partial charge is 0.233 e. The number of amides is 2. The molecule has 1 rings (SSSR count). The molecular weight excluding hydrogens is 276 g/mol. The standard InChI is InChI=1S/C18H34N2O2/c1-9-18(5,6)14-13(12-17(2,3)4)15(21)20(16(14)22)11-10-19(7)8/h13-14H,9-12H2,1-8H3. The van der Waals surface area contributed by atoms with Crippen molar-refractivity contribution in [3.05, 3.63) is 0 Å². The van der Waals surface area contributed by atoms with E-state index in [1.807, 2.05) is 19.0 Å². The fourth-order valence-corrected chi connectivity index (χ4v) is 3.28. The third kappa shape index (κ3) is 4.31. The molecule has 2 atom stereocenters. The maximum Gasteiger partial charge on any atom is 0.233 e. The van der Waals surface area contributed by atoms with Crippen LogP contribution in [-0.2, 0) is 9.59 Å². The van der Waals surface area contributed by atoms with Gasteiger partial charge >= 0.3 is 0 Å². The van der Waals surface area contributed by atoms with Crippen molar-refractivity contribution < 1.29 is 9.59 Å². The largest absolute Gasteiger partial charge is 0.308 e. The molecule has 0 radical (unpaired) electrons. The fourth-order valence-electron chi connectivity index (χ4n) is 3.28. The number of nitrogens with zero attached hydrogens (tertiary/aromatic N) is 2. The Morgan fingerprint density at radius 3 is 2.00 bits per heavy atom. The minimum absolute atomic E-state index is 0.0351. The summed E-state index contributed by atoms with van der Waals surface area (Å²) in [6, 6.07) is 0. The molecule has 0 bridgehead atoms. The van der Waals surface area contributed by atoms with E-state index in [0.717, 1.165) is 19.4 Å². The average Bonchev–Trinajstić information content (AvgIpc) is 2.57. The lowest BCUT2D eigenvalue weighted by molar-refractivity contribution is -0.140. The third-order valence-electron chi connectivity index (χ3n) is 4.87. The summed E-state index contributed by atoms with van der Waals surface area (Å²) in [4.78, 5) is 29.3. The van der Waals surface area contributed by atoms with Gasteiger partial charge in [0.05, 0.1) is 11.8 Å². The predicted octanol–water partition coefficient (Wildman–Crippen LogP) is 3.02. The van der Waals surface area contributed by atoms with Crippen molar-refractivity contribution in [2.24, 2.45) is 22.7 Å². The Morgan fingerprint density at radius 1 is 1.05 bits per heavy atom. The van der Waals surface area contributed by atoms with E-state index in [2.05, 4.69) is 41.5 Å². The molecule has 0 spiro atoms. The first-order valence-electron chi connectivity index (χ1n) is 8.40.